The minimum atomic E-state index is -1.80. The lowest BCUT2D eigenvalue weighted by molar-refractivity contribution is -0.386. The van der Waals surface area contributed by atoms with Crippen LogP contribution in [-0.4, -0.2) is 185 Å². The van der Waals surface area contributed by atoms with Gasteiger partial charge in [0.05, 0.1) is 37.6 Å². The smallest absolute Gasteiger partial charge is 0.187 e. The van der Waals surface area contributed by atoms with Gasteiger partial charge in [-0.3, -0.25) is 0 Å². The molecule has 10 N–H and O–H groups in total. The Morgan fingerprint density at radius 1 is 0.646 bits per heavy atom. The standard InChI is InChI=1S/C47H77IO17/c1-43(2)21-8-11-28-45(5,22(21)9-12-29(43)48)16-17-46(6)23(14-15-47(28,46)7)24-10-13-30(44(3,4)58)64-42-39(65-41-37(57)38(60-24)33(53)26(19-50)62-41)35(55)32(52)27(63-42)20-59-40-36(56)34(54)31(51)25(18-49)61-40/h8,22-42,49-58H,9-20H2,1-7H3. The van der Waals surface area contributed by atoms with Crippen molar-refractivity contribution < 1.29 is 84.2 Å². The molecule has 0 amide bonds. The van der Waals surface area contributed by atoms with Gasteiger partial charge in [0.25, 0.3) is 0 Å². The highest BCUT2D eigenvalue weighted by Gasteiger charge is 2.68. The summed E-state index contributed by atoms with van der Waals surface area (Å²) in [6.07, 6.45) is -14.4. The summed E-state index contributed by atoms with van der Waals surface area (Å²) in [5.41, 5.74) is 0.131. The number of allylic oxidation sites excluding steroid dienone is 2. The lowest BCUT2D eigenvalue weighted by Crippen LogP contribution is -2.66. The highest BCUT2D eigenvalue weighted by atomic mass is 127. The zero-order chi connectivity index (χ0) is 47.3. The zero-order valence-electron chi connectivity index (χ0n) is 38.9. The van der Waals surface area contributed by atoms with Crippen LogP contribution in [0.4, 0.5) is 0 Å². The molecule has 8 rings (SSSR count). The molecule has 4 aliphatic heterocycles. The number of hydrogen-bond acceptors (Lipinski definition) is 17. The molecule has 17 nitrogen and oxygen atoms in total. The number of aliphatic hydroxyl groups excluding tert-OH is 9. The van der Waals surface area contributed by atoms with Gasteiger partial charge in [-0.25, -0.2) is 0 Å². The van der Waals surface area contributed by atoms with Crippen LogP contribution in [0.15, 0.2) is 11.6 Å². The van der Waals surface area contributed by atoms with Crippen LogP contribution in [0, 0.1) is 39.4 Å². The lowest BCUT2D eigenvalue weighted by atomic mass is 9.39. The Balaban J connectivity index is 1.09. The van der Waals surface area contributed by atoms with Gasteiger partial charge in [0.1, 0.15) is 73.2 Å². The summed E-state index contributed by atoms with van der Waals surface area (Å²) < 4.78 is 43.8. The maximum Gasteiger partial charge on any atom is 0.187 e. The molecule has 18 heteroatoms. The summed E-state index contributed by atoms with van der Waals surface area (Å²) >= 11 is 2.65. The van der Waals surface area contributed by atoms with Crippen molar-refractivity contribution in [2.45, 2.75) is 220 Å². The van der Waals surface area contributed by atoms with Crippen LogP contribution in [0.2, 0.25) is 0 Å². The average molecular weight is 1040 g/mol. The summed E-state index contributed by atoms with van der Waals surface area (Å²) in [6, 6.07) is 0. The van der Waals surface area contributed by atoms with E-state index in [9.17, 15) is 51.1 Å². The minimum absolute atomic E-state index is 0.0249. The molecule has 0 aromatic carbocycles. The van der Waals surface area contributed by atoms with Crippen LogP contribution in [0.1, 0.15) is 106 Å². The molecule has 4 aliphatic carbocycles. The van der Waals surface area contributed by atoms with Crippen molar-refractivity contribution in [3.05, 3.63) is 11.6 Å². The predicted molar refractivity (Wildman–Crippen MR) is 239 cm³/mol. The third kappa shape index (κ3) is 8.65. The molecule has 0 aromatic heterocycles. The highest BCUT2D eigenvalue weighted by Crippen LogP contribution is 2.75. The van der Waals surface area contributed by atoms with E-state index in [2.05, 4.69) is 63.3 Å². The van der Waals surface area contributed by atoms with Gasteiger partial charge in [-0.2, -0.15) is 0 Å². The van der Waals surface area contributed by atoms with E-state index in [1.807, 2.05) is 0 Å². The van der Waals surface area contributed by atoms with Gasteiger partial charge >= 0.3 is 0 Å². The summed E-state index contributed by atoms with van der Waals surface area (Å²) in [4.78, 5) is 0. The fourth-order valence-electron chi connectivity index (χ4n) is 14.1. The summed E-state index contributed by atoms with van der Waals surface area (Å²) in [6.45, 7) is 13.6. The first-order valence-corrected chi connectivity index (χ1v) is 25.3. The minimum Gasteiger partial charge on any atom is -0.394 e. The molecule has 8 aliphatic rings. The number of fused-ring (bicyclic) bond motifs is 8. The Labute approximate surface area is 396 Å². The maximum absolute atomic E-state index is 12.0. The number of alkyl halides is 1. The third-order valence-electron chi connectivity index (χ3n) is 18.4. The Morgan fingerprint density at radius 3 is 1.98 bits per heavy atom. The molecular formula is C47H77IO17. The van der Waals surface area contributed by atoms with Crippen LogP contribution in [0.5, 0.6) is 0 Å². The second-order valence-corrected chi connectivity index (χ2v) is 24.1. The highest BCUT2D eigenvalue weighted by molar-refractivity contribution is 14.1. The fourth-order valence-corrected chi connectivity index (χ4v) is 14.8. The maximum atomic E-state index is 12.0. The normalized spacial score (nSPS) is 53.9. The van der Waals surface area contributed by atoms with Crippen molar-refractivity contribution in [3.8, 4) is 0 Å². The van der Waals surface area contributed by atoms with Gasteiger partial charge in [0.15, 0.2) is 18.9 Å². The topological polar surface area (TPSA) is 267 Å². The van der Waals surface area contributed by atoms with E-state index >= 15 is 0 Å². The number of rotatable bonds is 7. The van der Waals surface area contributed by atoms with Crippen LogP contribution < -0.4 is 0 Å². The molecule has 0 aromatic rings. The summed E-state index contributed by atoms with van der Waals surface area (Å²) in [7, 11) is 0. The van der Waals surface area contributed by atoms with Crippen LogP contribution in [0.25, 0.3) is 0 Å². The quantitative estimate of drug-likeness (QED) is 0.0975. The molecule has 374 valence electrons. The molecule has 24 atom stereocenters. The number of halogens is 1. The van der Waals surface area contributed by atoms with Gasteiger partial charge in [0, 0.05) is 3.92 Å². The van der Waals surface area contributed by atoms with Gasteiger partial charge in [-0.1, -0.05) is 68.9 Å². The fraction of sp³-hybridized carbons (Fsp3) is 0.957. The molecule has 4 saturated heterocycles. The van der Waals surface area contributed by atoms with Crippen molar-refractivity contribution in [3.63, 3.8) is 0 Å². The van der Waals surface area contributed by atoms with Crippen LogP contribution in [-0.2, 0) is 33.2 Å². The van der Waals surface area contributed by atoms with Gasteiger partial charge in [-0.15, -0.1) is 0 Å². The molecule has 24 unspecified atom stereocenters. The van der Waals surface area contributed by atoms with E-state index in [4.69, 9.17) is 33.2 Å². The van der Waals surface area contributed by atoms with E-state index in [-0.39, 0.29) is 34.0 Å². The number of ether oxygens (including phenoxy) is 7. The Hall–Kier alpha value is -0.210. The zero-order valence-corrected chi connectivity index (χ0v) is 41.1. The van der Waals surface area contributed by atoms with E-state index in [0.717, 1.165) is 32.1 Å². The van der Waals surface area contributed by atoms with Gasteiger partial charge in [0.2, 0.25) is 0 Å². The van der Waals surface area contributed by atoms with Crippen molar-refractivity contribution >= 4 is 22.6 Å². The number of aliphatic hydroxyl groups is 10. The first kappa shape index (κ1) is 51.2. The molecule has 0 radical (unpaired) electrons. The van der Waals surface area contributed by atoms with E-state index < -0.39 is 130 Å². The van der Waals surface area contributed by atoms with Crippen molar-refractivity contribution in [2.24, 2.45) is 39.4 Å². The van der Waals surface area contributed by atoms with Crippen molar-refractivity contribution in [1.82, 2.24) is 0 Å². The van der Waals surface area contributed by atoms with E-state index in [0.29, 0.717) is 22.2 Å². The monoisotopic (exact) mass is 1040 g/mol. The van der Waals surface area contributed by atoms with Gasteiger partial charge < -0.3 is 84.2 Å². The average Bonchev–Trinajstić information content (AvgIpc) is 3.53. The molecule has 3 saturated carbocycles. The van der Waals surface area contributed by atoms with Crippen LogP contribution in [0.3, 0.4) is 0 Å². The second-order valence-electron chi connectivity index (χ2n) is 22.6. The van der Waals surface area contributed by atoms with Crippen molar-refractivity contribution in [1.29, 1.82) is 0 Å². The van der Waals surface area contributed by atoms with Crippen molar-refractivity contribution in [2.75, 3.05) is 19.8 Å². The second kappa shape index (κ2) is 18.8. The SMILES string of the molecule is CC(C)(O)C1CCC(C2CCC3(C)C4CC=C5C(CCC(I)C5(C)C)C4(C)CCC23C)OC2C(O)C(CO)OC(OC3C(OC(COC4OC(CO)C(O)C(O)C4O)C(O)C3O)O1)C2O. The summed E-state index contributed by atoms with van der Waals surface area (Å²) in [5, 5.41) is 110. The largest absolute Gasteiger partial charge is 0.394 e. The first-order valence-electron chi connectivity index (χ1n) is 24.0. The van der Waals surface area contributed by atoms with E-state index in [1.165, 1.54) is 12.8 Å². The Morgan fingerprint density at radius 2 is 1.31 bits per heavy atom. The molecular weight excluding hydrogens is 963 g/mol. The predicted octanol–water partition coefficient (Wildman–Crippen LogP) is 1.19. The third-order valence-corrected chi connectivity index (χ3v) is 20.6. The molecule has 7 fully saturated rings. The summed E-state index contributed by atoms with van der Waals surface area (Å²) in [5.74, 6) is 0.931. The van der Waals surface area contributed by atoms with Gasteiger partial charge in [-0.05, 0) is 111 Å². The molecule has 0 spiro atoms. The Kier molecular flexibility index (Phi) is 14.8. The first-order chi connectivity index (χ1) is 30.4. The molecule has 4 heterocycles. The molecule has 65 heavy (non-hydrogen) atoms. The van der Waals surface area contributed by atoms with E-state index in [1.54, 1.807) is 19.4 Å². The molecule has 2 bridgehead atoms. The lowest BCUT2D eigenvalue weighted by Gasteiger charge is -2.66. The Bertz CT molecular complexity index is 1700. The van der Waals surface area contributed by atoms with Crippen LogP contribution >= 0.6 is 22.6 Å². The number of hydrogen-bond donors (Lipinski definition) is 10.